The van der Waals surface area contributed by atoms with E-state index in [0.717, 1.165) is 25.9 Å². The molecule has 0 radical (unpaired) electrons. The Balaban J connectivity index is 2.44. The molecule has 0 unspecified atom stereocenters. The molecule has 0 aromatic carbocycles. The molecule has 4 heteroatoms. The van der Waals surface area contributed by atoms with Gasteiger partial charge in [-0.3, -0.25) is 9.69 Å². The molecule has 0 bridgehead atoms. The van der Waals surface area contributed by atoms with E-state index in [9.17, 15) is 9.90 Å². The van der Waals surface area contributed by atoms with Crippen LogP contribution in [0, 0.1) is 0 Å². The van der Waals surface area contributed by atoms with Gasteiger partial charge >= 0.3 is 0 Å². The lowest BCUT2D eigenvalue weighted by atomic mass is 9.96. The molecule has 1 rings (SSSR count). The van der Waals surface area contributed by atoms with E-state index in [2.05, 4.69) is 10.2 Å². The summed E-state index contributed by atoms with van der Waals surface area (Å²) in [6, 6.07) is 0.196. The average molecular weight is 214 g/mol. The van der Waals surface area contributed by atoms with Crippen LogP contribution in [-0.4, -0.2) is 47.7 Å². The van der Waals surface area contributed by atoms with E-state index in [1.165, 1.54) is 0 Å². The van der Waals surface area contributed by atoms with Crippen molar-refractivity contribution in [1.82, 2.24) is 10.2 Å². The topological polar surface area (TPSA) is 52.6 Å². The van der Waals surface area contributed by atoms with Gasteiger partial charge in [0.05, 0.1) is 5.60 Å². The highest BCUT2D eigenvalue weighted by Gasteiger charge is 2.35. The molecule has 2 N–H and O–H groups in total. The maximum atomic E-state index is 11.1. The van der Waals surface area contributed by atoms with Gasteiger partial charge in [0.2, 0.25) is 5.91 Å². The summed E-state index contributed by atoms with van der Waals surface area (Å²) in [5.74, 6) is 0.0661. The molecule has 1 saturated heterocycles. The Hall–Kier alpha value is -0.610. The predicted molar refractivity (Wildman–Crippen MR) is 59.6 cm³/mol. The van der Waals surface area contributed by atoms with Crippen molar-refractivity contribution in [2.45, 2.75) is 44.8 Å². The number of rotatable bonds is 4. The van der Waals surface area contributed by atoms with Gasteiger partial charge in [-0.15, -0.1) is 0 Å². The fourth-order valence-corrected chi connectivity index (χ4v) is 2.26. The van der Waals surface area contributed by atoms with Gasteiger partial charge in [0.25, 0.3) is 0 Å². The molecule has 0 saturated carbocycles. The third kappa shape index (κ3) is 3.47. The van der Waals surface area contributed by atoms with Crippen LogP contribution in [0.5, 0.6) is 0 Å². The Bertz CT molecular complexity index is 223. The summed E-state index contributed by atoms with van der Waals surface area (Å²) < 4.78 is 0. The van der Waals surface area contributed by atoms with Crippen LogP contribution in [0.15, 0.2) is 0 Å². The molecule has 15 heavy (non-hydrogen) atoms. The number of hydrogen-bond acceptors (Lipinski definition) is 3. The molecule has 0 aliphatic carbocycles. The van der Waals surface area contributed by atoms with E-state index in [-0.39, 0.29) is 11.9 Å². The molecular weight excluding hydrogens is 192 g/mol. The van der Waals surface area contributed by atoms with E-state index in [0.29, 0.717) is 6.42 Å². The summed E-state index contributed by atoms with van der Waals surface area (Å²) in [6.45, 7) is 5.42. The number of carbonyl (C=O) groups excluding carboxylic acids is 1. The maximum absolute atomic E-state index is 11.1. The van der Waals surface area contributed by atoms with Crippen LogP contribution < -0.4 is 5.32 Å². The van der Waals surface area contributed by atoms with Crippen molar-refractivity contribution in [2.75, 3.05) is 20.1 Å². The smallest absolute Gasteiger partial charge is 0.221 e. The fraction of sp³-hybridized carbons (Fsp3) is 0.909. The first kappa shape index (κ1) is 12.5. The zero-order valence-corrected chi connectivity index (χ0v) is 9.92. The summed E-state index contributed by atoms with van der Waals surface area (Å²) in [6.07, 6.45) is 2.66. The summed E-state index contributed by atoms with van der Waals surface area (Å²) >= 11 is 0. The first-order chi connectivity index (χ1) is 6.95. The second-order valence-electron chi connectivity index (χ2n) is 4.77. The molecule has 1 aliphatic heterocycles. The average Bonchev–Trinajstić information content (AvgIpc) is 2.61. The molecule has 1 heterocycles. The molecule has 1 aliphatic rings. The molecule has 1 atom stereocenters. The molecule has 1 amide bonds. The Morgan fingerprint density at radius 2 is 2.27 bits per heavy atom. The van der Waals surface area contributed by atoms with Crippen LogP contribution in [0.4, 0.5) is 0 Å². The largest absolute Gasteiger partial charge is 0.389 e. The van der Waals surface area contributed by atoms with Crippen molar-refractivity contribution >= 4 is 5.91 Å². The second kappa shape index (κ2) is 4.94. The van der Waals surface area contributed by atoms with E-state index in [1.54, 1.807) is 7.05 Å². The Labute approximate surface area is 91.6 Å². The lowest BCUT2D eigenvalue weighted by Gasteiger charge is -2.33. The van der Waals surface area contributed by atoms with Crippen LogP contribution in [-0.2, 0) is 4.79 Å². The summed E-state index contributed by atoms with van der Waals surface area (Å²) in [7, 11) is 1.65. The van der Waals surface area contributed by atoms with E-state index in [1.807, 2.05) is 13.8 Å². The van der Waals surface area contributed by atoms with Gasteiger partial charge in [-0.1, -0.05) is 0 Å². The fourth-order valence-electron chi connectivity index (χ4n) is 2.26. The van der Waals surface area contributed by atoms with Crippen molar-refractivity contribution in [1.29, 1.82) is 0 Å². The highest BCUT2D eigenvalue weighted by molar-refractivity contribution is 5.75. The molecule has 0 aromatic heterocycles. The first-order valence-electron chi connectivity index (χ1n) is 5.62. The third-order valence-corrected chi connectivity index (χ3v) is 3.08. The van der Waals surface area contributed by atoms with Gasteiger partial charge in [-0.2, -0.15) is 0 Å². The van der Waals surface area contributed by atoms with Crippen molar-refractivity contribution in [3.63, 3.8) is 0 Å². The number of aliphatic hydroxyl groups is 1. The lowest BCUT2D eigenvalue weighted by Crippen LogP contribution is -2.46. The standard InChI is InChI=1S/C11H22N2O2/c1-11(2,15)9-5-4-7-13(9)8-6-10(14)12-3/h9,15H,4-8H2,1-3H3,(H,12,14)/t9-/m1/s1. The third-order valence-electron chi connectivity index (χ3n) is 3.08. The van der Waals surface area contributed by atoms with Gasteiger partial charge in [0, 0.05) is 26.1 Å². The summed E-state index contributed by atoms with van der Waals surface area (Å²) in [5, 5.41) is 12.6. The minimum atomic E-state index is -0.667. The van der Waals surface area contributed by atoms with Gasteiger partial charge in [-0.25, -0.2) is 0 Å². The highest BCUT2D eigenvalue weighted by Crippen LogP contribution is 2.26. The molecule has 0 aromatic rings. The Morgan fingerprint density at radius 1 is 1.60 bits per heavy atom. The molecule has 0 spiro atoms. The minimum Gasteiger partial charge on any atom is -0.389 e. The summed E-state index contributed by atoms with van der Waals surface area (Å²) in [4.78, 5) is 13.3. The Kier molecular flexibility index (Phi) is 4.11. The molecule has 1 fully saturated rings. The monoisotopic (exact) mass is 214 g/mol. The minimum absolute atomic E-state index is 0.0661. The SMILES string of the molecule is CNC(=O)CCN1CCC[C@@H]1C(C)(C)O. The first-order valence-corrected chi connectivity index (χ1v) is 5.62. The zero-order chi connectivity index (χ0) is 11.5. The predicted octanol–water partition coefficient (Wildman–Crippen LogP) is 0.358. The number of nitrogens with one attached hydrogen (secondary N) is 1. The quantitative estimate of drug-likeness (QED) is 0.710. The number of hydrogen-bond donors (Lipinski definition) is 2. The van der Waals surface area contributed by atoms with Crippen LogP contribution in [0.25, 0.3) is 0 Å². The number of likely N-dealkylation sites (tertiary alicyclic amines) is 1. The van der Waals surface area contributed by atoms with Crippen LogP contribution in [0.2, 0.25) is 0 Å². The van der Waals surface area contributed by atoms with Gasteiger partial charge in [0.1, 0.15) is 0 Å². The van der Waals surface area contributed by atoms with Crippen molar-refractivity contribution < 1.29 is 9.90 Å². The van der Waals surface area contributed by atoms with Gasteiger partial charge < -0.3 is 10.4 Å². The summed E-state index contributed by atoms with van der Waals surface area (Å²) in [5.41, 5.74) is -0.667. The second-order valence-corrected chi connectivity index (χ2v) is 4.77. The van der Waals surface area contributed by atoms with Crippen molar-refractivity contribution in [3.05, 3.63) is 0 Å². The molecule has 4 nitrogen and oxygen atoms in total. The normalized spacial score (nSPS) is 23.1. The van der Waals surface area contributed by atoms with E-state index in [4.69, 9.17) is 0 Å². The van der Waals surface area contributed by atoms with Crippen molar-refractivity contribution in [2.24, 2.45) is 0 Å². The number of nitrogens with zero attached hydrogens (tertiary/aromatic N) is 1. The van der Waals surface area contributed by atoms with Gasteiger partial charge in [0.15, 0.2) is 0 Å². The number of amides is 1. The molecular formula is C11H22N2O2. The lowest BCUT2D eigenvalue weighted by molar-refractivity contribution is -0.121. The highest BCUT2D eigenvalue weighted by atomic mass is 16.3. The number of carbonyl (C=O) groups is 1. The van der Waals surface area contributed by atoms with E-state index < -0.39 is 5.60 Å². The van der Waals surface area contributed by atoms with Crippen LogP contribution in [0.3, 0.4) is 0 Å². The van der Waals surface area contributed by atoms with E-state index >= 15 is 0 Å². The van der Waals surface area contributed by atoms with Crippen molar-refractivity contribution in [3.8, 4) is 0 Å². The molecule has 88 valence electrons. The Morgan fingerprint density at radius 3 is 2.80 bits per heavy atom. The zero-order valence-electron chi connectivity index (χ0n) is 9.92. The van der Waals surface area contributed by atoms with Crippen LogP contribution in [0.1, 0.15) is 33.1 Å². The maximum Gasteiger partial charge on any atom is 0.221 e. The van der Waals surface area contributed by atoms with Gasteiger partial charge in [-0.05, 0) is 33.2 Å². The van der Waals surface area contributed by atoms with Crippen LogP contribution >= 0.6 is 0 Å².